The van der Waals surface area contributed by atoms with E-state index in [9.17, 15) is 0 Å². The fraction of sp³-hybridized carbons (Fsp3) is 0.0526. The molecule has 13 rings (SSSR count). The molecule has 0 aliphatic heterocycles. The van der Waals surface area contributed by atoms with Gasteiger partial charge in [0.05, 0.1) is 11.1 Å². The summed E-state index contributed by atoms with van der Waals surface area (Å²) in [5.41, 5.74) is 18.0. The first-order chi connectivity index (χ1) is 30.0. The van der Waals surface area contributed by atoms with Crippen LogP contribution in [0.2, 0.25) is 0 Å². The molecule has 0 saturated carbocycles. The van der Waals surface area contributed by atoms with Crippen molar-refractivity contribution >= 4 is 82.9 Å². The standard InChI is InChI=1S/C57H37NO3/c1-57(2)47-15-8-6-13-40(47)41-27-25-39(31-48(41)57)58(38-23-19-35(20-24-38)36-22-28-51-44(29-36)42-14-7-9-17-50(42)59-51)49-16-10-18-52-56(49)46-33-54-45(32-55(46)60-52)43-26-21-37(30-53(43)61-54)34-11-4-3-5-12-34/h3-33H,1-2H3. The molecule has 1 aliphatic rings. The van der Waals surface area contributed by atoms with Gasteiger partial charge in [0, 0.05) is 43.7 Å². The highest BCUT2D eigenvalue weighted by Gasteiger charge is 2.36. The molecular formula is C57H37NO3. The zero-order valence-corrected chi connectivity index (χ0v) is 33.6. The molecule has 0 amide bonds. The average Bonchev–Trinajstić information content (AvgIpc) is 4.03. The number of hydrogen-bond donors (Lipinski definition) is 0. The van der Waals surface area contributed by atoms with Crippen molar-refractivity contribution in [1.29, 1.82) is 0 Å². The van der Waals surface area contributed by atoms with Crippen LogP contribution >= 0.6 is 0 Å². The predicted molar refractivity (Wildman–Crippen MR) is 251 cm³/mol. The Labute approximate surface area is 351 Å². The van der Waals surface area contributed by atoms with E-state index < -0.39 is 0 Å². The van der Waals surface area contributed by atoms with Crippen molar-refractivity contribution in [2.75, 3.05) is 4.90 Å². The summed E-state index contributed by atoms with van der Waals surface area (Å²) in [6.45, 7) is 4.68. The summed E-state index contributed by atoms with van der Waals surface area (Å²) in [6, 6.07) is 67.1. The molecule has 288 valence electrons. The monoisotopic (exact) mass is 783 g/mol. The van der Waals surface area contributed by atoms with Gasteiger partial charge in [-0.05, 0) is 123 Å². The van der Waals surface area contributed by atoms with E-state index in [4.69, 9.17) is 13.3 Å². The molecule has 12 aromatic rings. The van der Waals surface area contributed by atoms with E-state index in [1.165, 1.54) is 22.3 Å². The van der Waals surface area contributed by atoms with Gasteiger partial charge in [0.1, 0.15) is 33.5 Å². The maximum absolute atomic E-state index is 6.74. The quantitative estimate of drug-likeness (QED) is 0.174. The first-order valence-corrected chi connectivity index (χ1v) is 20.9. The van der Waals surface area contributed by atoms with Crippen LogP contribution in [0, 0.1) is 0 Å². The van der Waals surface area contributed by atoms with Crippen molar-refractivity contribution in [2.24, 2.45) is 0 Å². The molecule has 9 aromatic carbocycles. The van der Waals surface area contributed by atoms with Crippen LogP contribution in [0.3, 0.4) is 0 Å². The molecule has 0 atom stereocenters. The van der Waals surface area contributed by atoms with E-state index in [-0.39, 0.29) is 5.41 Å². The van der Waals surface area contributed by atoms with Gasteiger partial charge in [-0.3, -0.25) is 0 Å². The third-order valence-electron chi connectivity index (χ3n) is 13.1. The van der Waals surface area contributed by atoms with Crippen LogP contribution < -0.4 is 4.90 Å². The smallest absolute Gasteiger partial charge is 0.137 e. The van der Waals surface area contributed by atoms with Crippen molar-refractivity contribution in [2.45, 2.75) is 19.3 Å². The van der Waals surface area contributed by atoms with Gasteiger partial charge in [0.15, 0.2) is 0 Å². The summed E-state index contributed by atoms with van der Waals surface area (Å²) < 4.78 is 19.6. The molecular weight excluding hydrogens is 747 g/mol. The lowest BCUT2D eigenvalue weighted by Crippen LogP contribution is -2.16. The number of rotatable bonds is 5. The van der Waals surface area contributed by atoms with Crippen LogP contribution in [-0.2, 0) is 5.41 Å². The lowest BCUT2D eigenvalue weighted by Gasteiger charge is -2.28. The van der Waals surface area contributed by atoms with E-state index in [1.807, 2.05) is 18.2 Å². The van der Waals surface area contributed by atoms with Crippen molar-refractivity contribution in [3.8, 4) is 33.4 Å². The molecule has 61 heavy (non-hydrogen) atoms. The van der Waals surface area contributed by atoms with Crippen LogP contribution in [0.15, 0.2) is 201 Å². The Morgan fingerprint density at radius 2 is 0.934 bits per heavy atom. The molecule has 0 fully saturated rings. The minimum atomic E-state index is -0.158. The third-order valence-corrected chi connectivity index (χ3v) is 13.1. The molecule has 3 aromatic heterocycles. The van der Waals surface area contributed by atoms with Gasteiger partial charge in [-0.15, -0.1) is 0 Å². The van der Waals surface area contributed by atoms with Crippen LogP contribution in [0.25, 0.3) is 99.2 Å². The summed E-state index contributed by atoms with van der Waals surface area (Å²) >= 11 is 0. The lowest BCUT2D eigenvalue weighted by molar-refractivity contribution is 0.660. The van der Waals surface area contributed by atoms with Gasteiger partial charge < -0.3 is 18.2 Å². The van der Waals surface area contributed by atoms with Gasteiger partial charge >= 0.3 is 0 Å². The minimum absolute atomic E-state index is 0.158. The van der Waals surface area contributed by atoms with Crippen LogP contribution in [0.1, 0.15) is 25.0 Å². The number of nitrogens with zero attached hydrogens (tertiary/aromatic N) is 1. The molecule has 0 radical (unpaired) electrons. The molecule has 0 saturated heterocycles. The SMILES string of the molecule is CC1(C)c2ccccc2-c2ccc(N(c3ccc(-c4ccc5oc6ccccc6c5c4)cc3)c3cccc4oc5cc6c(cc5c34)oc3cc(-c4ccccc4)ccc36)cc21. The normalized spacial score (nSPS) is 13.2. The van der Waals surface area contributed by atoms with E-state index in [2.05, 4.69) is 189 Å². The first kappa shape index (κ1) is 34.1. The van der Waals surface area contributed by atoms with Crippen molar-refractivity contribution in [3.05, 3.63) is 199 Å². The second-order valence-electron chi connectivity index (χ2n) is 16.9. The number of hydrogen-bond acceptors (Lipinski definition) is 4. The summed E-state index contributed by atoms with van der Waals surface area (Å²) in [5.74, 6) is 0. The number of anilines is 3. The molecule has 0 N–H and O–H groups in total. The largest absolute Gasteiger partial charge is 0.456 e. The number of benzene rings is 9. The maximum Gasteiger partial charge on any atom is 0.137 e. The van der Waals surface area contributed by atoms with Gasteiger partial charge in [0.25, 0.3) is 0 Å². The summed E-state index contributed by atoms with van der Waals surface area (Å²) in [4.78, 5) is 2.39. The molecule has 0 spiro atoms. The Hall–Kier alpha value is -7.82. The lowest BCUT2D eigenvalue weighted by atomic mass is 9.82. The zero-order chi connectivity index (χ0) is 40.4. The molecule has 4 heteroatoms. The van der Waals surface area contributed by atoms with Gasteiger partial charge in [-0.25, -0.2) is 0 Å². The first-order valence-electron chi connectivity index (χ1n) is 20.9. The number of para-hydroxylation sites is 1. The Kier molecular flexibility index (Phi) is 7.04. The maximum atomic E-state index is 6.74. The van der Waals surface area contributed by atoms with E-state index in [0.717, 1.165) is 105 Å². The van der Waals surface area contributed by atoms with Crippen molar-refractivity contribution < 1.29 is 13.3 Å². The molecule has 0 unspecified atom stereocenters. The number of fused-ring (bicyclic) bond motifs is 12. The Morgan fingerprint density at radius 3 is 1.84 bits per heavy atom. The molecule has 1 aliphatic carbocycles. The van der Waals surface area contributed by atoms with Crippen LogP contribution in [0.4, 0.5) is 17.1 Å². The molecule has 4 nitrogen and oxygen atoms in total. The Balaban J connectivity index is 0.991. The Morgan fingerprint density at radius 1 is 0.344 bits per heavy atom. The average molecular weight is 784 g/mol. The van der Waals surface area contributed by atoms with Crippen LogP contribution in [0.5, 0.6) is 0 Å². The fourth-order valence-corrected chi connectivity index (χ4v) is 10.0. The molecule has 0 bridgehead atoms. The fourth-order valence-electron chi connectivity index (χ4n) is 10.0. The third kappa shape index (κ3) is 5.06. The van der Waals surface area contributed by atoms with E-state index in [1.54, 1.807) is 0 Å². The summed E-state index contributed by atoms with van der Waals surface area (Å²) in [6.07, 6.45) is 0. The van der Waals surface area contributed by atoms with Crippen LogP contribution in [-0.4, -0.2) is 0 Å². The number of furan rings is 3. The summed E-state index contributed by atoms with van der Waals surface area (Å²) in [7, 11) is 0. The second kappa shape index (κ2) is 12.6. The molecule has 3 heterocycles. The second-order valence-corrected chi connectivity index (χ2v) is 16.9. The summed E-state index contributed by atoms with van der Waals surface area (Å²) in [5, 5.41) is 6.40. The van der Waals surface area contributed by atoms with Gasteiger partial charge in [0.2, 0.25) is 0 Å². The van der Waals surface area contributed by atoms with Gasteiger partial charge in [-0.1, -0.05) is 123 Å². The zero-order valence-electron chi connectivity index (χ0n) is 33.6. The van der Waals surface area contributed by atoms with Crippen molar-refractivity contribution in [3.63, 3.8) is 0 Å². The van der Waals surface area contributed by atoms with E-state index in [0.29, 0.717) is 0 Å². The highest BCUT2D eigenvalue weighted by atomic mass is 16.3. The van der Waals surface area contributed by atoms with Crippen molar-refractivity contribution in [1.82, 2.24) is 0 Å². The topological polar surface area (TPSA) is 42.7 Å². The Bertz CT molecular complexity index is 3730. The minimum Gasteiger partial charge on any atom is -0.456 e. The predicted octanol–water partition coefficient (Wildman–Crippen LogP) is 16.5. The van der Waals surface area contributed by atoms with Gasteiger partial charge in [-0.2, -0.15) is 0 Å². The van der Waals surface area contributed by atoms with E-state index >= 15 is 0 Å². The highest BCUT2D eigenvalue weighted by molar-refractivity contribution is 6.19. The highest BCUT2D eigenvalue weighted by Crippen LogP contribution is 2.52.